The second kappa shape index (κ2) is 95.9. The zero-order valence-corrected chi connectivity index (χ0v) is 11.6. The van der Waals surface area contributed by atoms with E-state index in [0.717, 1.165) is 0 Å². The molecule has 0 unspecified atom stereocenters. The maximum Gasteiger partial charge on any atom is 3.00 e. The van der Waals surface area contributed by atoms with Crippen LogP contribution in [0.4, 0.5) is 0 Å². The van der Waals surface area contributed by atoms with Gasteiger partial charge in [0, 0.05) is 0 Å². The molecule has 0 aliphatic rings. The molecule has 66 valence electrons. The van der Waals surface area contributed by atoms with Gasteiger partial charge in [-0.1, -0.05) is 0 Å². The summed E-state index contributed by atoms with van der Waals surface area (Å²) < 4.78 is 0. The molecule has 9 heteroatoms. The smallest absolute Gasteiger partial charge is 2.00 e. The molecule has 0 heterocycles. The molecule has 0 nitrogen and oxygen atoms in total. The molecule has 0 aliphatic heterocycles. The standard InChI is InChI=1S/2Fe.2Ni.5S/q2*+3;2*+2;5*-2. The van der Waals surface area contributed by atoms with Gasteiger partial charge in [-0.05, 0) is 0 Å². The molecule has 0 N–H and O–H groups in total. The number of rotatable bonds is 0. The summed E-state index contributed by atoms with van der Waals surface area (Å²) in [5.41, 5.74) is 0. The van der Waals surface area contributed by atoms with E-state index in [4.69, 9.17) is 0 Å². The Labute approximate surface area is 133 Å². The monoisotopic (exact) mass is 388 g/mol. The summed E-state index contributed by atoms with van der Waals surface area (Å²) in [6, 6.07) is 0. The molecule has 9 heavy (non-hydrogen) atoms. The zero-order valence-electron chi connectivity index (χ0n) is 3.38. The molecule has 0 aromatic carbocycles. The van der Waals surface area contributed by atoms with Gasteiger partial charge in [-0.2, -0.15) is 0 Å². The van der Waals surface area contributed by atoms with Gasteiger partial charge >= 0.3 is 67.1 Å². The third kappa shape index (κ3) is 78.9. The van der Waals surface area contributed by atoms with E-state index in [-0.39, 0.29) is 135 Å². The van der Waals surface area contributed by atoms with E-state index in [0.29, 0.717) is 0 Å². The first-order valence-electron chi connectivity index (χ1n) is 0. The largest absolute Gasteiger partial charge is 3.00 e. The Bertz CT molecular complexity index is 12.9. The predicted octanol–water partition coefficient (Wildman–Crippen LogP) is -0.0220. The predicted molar refractivity (Wildman–Crippen MR) is 36.8 cm³/mol. The van der Waals surface area contributed by atoms with Gasteiger partial charge < -0.3 is 67.5 Å². The van der Waals surface area contributed by atoms with Gasteiger partial charge in [0.05, 0.1) is 0 Å². The summed E-state index contributed by atoms with van der Waals surface area (Å²) in [6.45, 7) is 0. The van der Waals surface area contributed by atoms with Crippen LogP contribution in [0.15, 0.2) is 0 Å². The minimum absolute atomic E-state index is 0. The normalized spacial score (nSPS) is 0. The Hall–Kier alpha value is 3.78. The van der Waals surface area contributed by atoms with Crippen molar-refractivity contribution in [2.45, 2.75) is 0 Å². The van der Waals surface area contributed by atoms with E-state index >= 15 is 0 Å². The summed E-state index contributed by atoms with van der Waals surface area (Å²) >= 11 is 0. The van der Waals surface area contributed by atoms with Gasteiger partial charge in [-0.15, -0.1) is 0 Å². The molecule has 2 radical (unpaired) electrons. The summed E-state index contributed by atoms with van der Waals surface area (Å²) in [5.74, 6) is 0. The topological polar surface area (TPSA) is 0 Å². The van der Waals surface area contributed by atoms with Crippen LogP contribution in [-0.2, 0) is 135 Å². The van der Waals surface area contributed by atoms with Crippen molar-refractivity contribution >= 4 is 67.5 Å². The molecule has 0 aromatic rings. The van der Waals surface area contributed by atoms with Crippen molar-refractivity contribution in [1.82, 2.24) is 0 Å². The molecule has 0 saturated carbocycles. The van der Waals surface area contributed by atoms with Crippen LogP contribution in [-0.4, -0.2) is 0 Å². The van der Waals surface area contributed by atoms with Crippen LogP contribution < -0.4 is 0 Å². The van der Waals surface area contributed by atoms with Crippen molar-refractivity contribution in [1.29, 1.82) is 0 Å². The minimum Gasteiger partial charge on any atom is -2.00 e. The summed E-state index contributed by atoms with van der Waals surface area (Å²) in [7, 11) is 0. The maximum absolute atomic E-state index is 0. The number of hydrogen-bond acceptors (Lipinski definition) is 0. The summed E-state index contributed by atoms with van der Waals surface area (Å²) in [6.07, 6.45) is 0. The Balaban J connectivity index is 0. The summed E-state index contributed by atoms with van der Waals surface area (Å²) in [5, 5.41) is 0. The SMILES string of the molecule is [Fe+3].[Fe+3].[Ni+2].[Ni+2].[S-2].[S-2].[S-2].[S-2].[S-2]. The second-order valence-electron chi connectivity index (χ2n) is 0. The van der Waals surface area contributed by atoms with E-state index in [9.17, 15) is 0 Å². The first-order chi connectivity index (χ1) is 0. The zero-order chi connectivity index (χ0) is 0. The van der Waals surface area contributed by atoms with Gasteiger partial charge in [0.2, 0.25) is 0 Å². The van der Waals surface area contributed by atoms with Crippen molar-refractivity contribution in [3.05, 3.63) is 0 Å². The fourth-order valence-corrected chi connectivity index (χ4v) is 0. The van der Waals surface area contributed by atoms with Crippen molar-refractivity contribution in [3.63, 3.8) is 0 Å². The van der Waals surface area contributed by atoms with Crippen molar-refractivity contribution < 1.29 is 67.1 Å². The van der Waals surface area contributed by atoms with Crippen LogP contribution in [0.1, 0.15) is 0 Å². The van der Waals surface area contributed by atoms with E-state index in [1.165, 1.54) is 0 Å². The van der Waals surface area contributed by atoms with Crippen LogP contribution in [0.3, 0.4) is 0 Å². The second-order valence-corrected chi connectivity index (χ2v) is 0. The molecule has 0 saturated heterocycles. The quantitative estimate of drug-likeness (QED) is 0.511. The molecule has 0 spiro atoms. The van der Waals surface area contributed by atoms with Crippen LogP contribution in [0.25, 0.3) is 0 Å². The van der Waals surface area contributed by atoms with Crippen LogP contribution in [0, 0.1) is 0 Å². The van der Waals surface area contributed by atoms with E-state index < -0.39 is 0 Å². The van der Waals surface area contributed by atoms with E-state index in [1.807, 2.05) is 0 Å². The van der Waals surface area contributed by atoms with Crippen molar-refractivity contribution in [2.24, 2.45) is 0 Å². The van der Waals surface area contributed by atoms with Gasteiger partial charge in [0.25, 0.3) is 0 Å². The molecule has 0 aliphatic carbocycles. The molecule has 0 amide bonds. The molecule has 0 fully saturated rings. The third-order valence-corrected chi connectivity index (χ3v) is 0. The maximum atomic E-state index is 0. The van der Waals surface area contributed by atoms with E-state index in [1.54, 1.807) is 0 Å². The van der Waals surface area contributed by atoms with Gasteiger partial charge in [0.15, 0.2) is 0 Å². The van der Waals surface area contributed by atoms with E-state index in [2.05, 4.69) is 0 Å². The first-order valence-corrected chi connectivity index (χ1v) is 0. The average Bonchev–Trinajstić information content (AvgIpc) is 0. The Kier molecular flexibility index (Phi) is 1320. The first kappa shape index (κ1) is 124. The molecule has 0 atom stereocenters. The van der Waals surface area contributed by atoms with Crippen LogP contribution >= 0.6 is 0 Å². The molecular weight excluding hydrogens is 389 g/mol. The van der Waals surface area contributed by atoms with Crippen molar-refractivity contribution in [3.8, 4) is 0 Å². The number of hydrogen-bond donors (Lipinski definition) is 0. The van der Waals surface area contributed by atoms with Crippen molar-refractivity contribution in [2.75, 3.05) is 0 Å². The fourth-order valence-electron chi connectivity index (χ4n) is 0. The Morgan fingerprint density at radius 1 is 0.333 bits per heavy atom. The molecular formula is Fe2Ni2S5. The molecule has 0 aromatic heterocycles. The van der Waals surface area contributed by atoms with Gasteiger partial charge in [-0.3, -0.25) is 0 Å². The fraction of sp³-hybridized carbons (Fsp3) is 0. The Morgan fingerprint density at radius 2 is 0.333 bits per heavy atom. The van der Waals surface area contributed by atoms with Crippen LogP contribution in [0.2, 0.25) is 0 Å². The van der Waals surface area contributed by atoms with Gasteiger partial charge in [0.1, 0.15) is 0 Å². The molecule has 0 bridgehead atoms. The average molecular weight is 389 g/mol. The van der Waals surface area contributed by atoms with Gasteiger partial charge in [-0.25, -0.2) is 0 Å². The third-order valence-electron chi connectivity index (χ3n) is 0. The minimum atomic E-state index is 0. The van der Waals surface area contributed by atoms with Crippen LogP contribution in [0.5, 0.6) is 0 Å². The molecule has 0 rings (SSSR count). The Morgan fingerprint density at radius 3 is 0.333 bits per heavy atom. The summed E-state index contributed by atoms with van der Waals surface area (Å²) in [4.78, 5) is 0.